The number of aryl methyl sites for hydroxylation is 1. The molecular formula is C12H20N2O3S2. The maximum absolute atomic E-state index is 12.2. The van der Waals surface area contributed by atoms with Crippen LogP contribution in [0.1, 0.15) is 12.5 Å². The number of sulfonamides is 1. The van der Waals surface area contributed by atoms with Crippen molar-refractivity contribution >= 4 is 27.5 Å². The number of hydrogen-bond acceptors (Lipinski definition) is 5. The maximum atomic E-state index is 12.2. The molecule has 0 bridgehead atoms. The number of aliphatic hydroxyl groups excluding tert-OH is 1. The summed E-state index contributed by atoms with van der Waals surface area (Å²) in [5.74, 6) is 0. The Morgan fingerprint density at radius 2 is 2.11 bits per heavy atom. The first-order valence-corrected chi connectivity index (χ1v) is 8.61. The van der Waals surface area contributed by atoms with Crippen LogP contribution in [0.4, 0.5) is 5.69 Å². The van der Waals surface area contributed by atoms with Crippen molar-refractivity contribution in [2.75, 3.05) is 18.6 Å². The Bertz CT molecular complexity index is 528. The van der Waals surface area contributed by atoms with Crippen molar-refractivity contribution in [3.8, 4) is 0 Å². The standard InChI is InChI=1S/C12H20N2O3S2/c1-8-4-5-12(10(13)6-8)19(16,17)14-9(2)11(7-15)18-3/h4-6,9,11,14-15H,7,13H2,1-3H3. The molecule has 5 nitrogen and oxygen atoms in total. The minimum absolute atomic E-state index is 0.0720. The first-order valence-electron chi connectivity index (χ1n) is 5.84. The zero-order valence-corrected chi connectivity index (χ0v) is 12.9. The van der Waals surface area contributed by atoms with Gasteiger partial charge in [-0.15, -0.1) is 0 Å². The average molecular weight is 304 g/mol. The number of hydrogen-bond donors (Lipinski definition) is 3. The highest BCUT2D eigenvalue weighted by atomic mass is 32.2. The lowest BCUT2D eigenvalue weighted by Gasteiger charge is -2.21. The molecule has 2 unspecified atom stereocenters. The summed E-state index contributed by atoms with van der Waals surface area (Å²) in [6, 6.07) is 4.43. The number of aliphatic hydroxyl groups is 1. The van der Waals surface area contributed by atoms with Crippen molar-refractivity contribution in [3.05, 3.63) is 23.8 Å². The molecule has 4 N–H and O–H groups in total. The SMILES string of the molecule is CSC(CO)C(C)NS(=O)(=O)c1ccc(C)cc1N. The Hall–Kier alpha value is -0.760. The lowest BCUT2D eigenvalue weighted by molar-refractivity contribution is 0.282. The van der Waals surface area contributed by atoms with E-state index in [0.29, 0.717) is 0 Å². The maximum Gasteiger partial charge on any atom is 0.242 e. The average Bonchev–Trinajstić information content (AvgIpc) is 2.29. The summed E-state index contributed by atoms with van der Waals surface area (Å²) in [4.78, 5) is 0.0720. The summed E-state index contributed by atoms with van der Waals surface area (Å²) < 4.78 is 27.0. The third kappa shape index (κ3) is 4.10. The third-order valence-corrected chi connectivity index (χ3v) is 5.63. The molecule has 2 atom stereocenters. The van der Waals surface area contributed by atoms with Gasteiger partial charge in [0.2, 0.25) is 10.0 Å². The highest BCUT2D eigenvalue weighted by Crippen LogP contribution is 2.21. The van der Waals surface area contributed by atoms with Crippen molar-refractivity contribution in [2.45, 2.75) is 30.0 Å². The van der Waals surface area contributed by atoms with Gasteiger partial charge in [0.1, 0.15) is 4.90 Å². The predicted octanol–water partition coefficient (Wildman–Crippen LogP) is 0.968. The Morgan fingerprint density at radius 3 is 2.58 bits per heavy atom. The second-order valence-corrected chi connectivity index (χ2v) is 7.17. The first-order chi connectivity index (χ1) is 8.81. The molecule has 0 saturated heterocycles. The van der Waals surface area contributed by atoms with Gasteiger partial charge in [-0.2, -0.15) is 11.8 Å². The number of anilines is 1. The van der Waals surface area contributed by atoms with Crippen LogP contribution in [-0.2, 0) is 10.0 Å². The summed E-state index contributed by atoms with van der Waals surface area (Å²) in [5.41, 5.74) is 6.88. The van der Waals surface area contributed by atoms with Crippen molar-refractivity contribution in [2.24, 2.45) is 0 Å². The second kappa shape index (κ2) is 6.60. The molecule has 1 aromatic rings. The van der Waals surface area contributed by atoms with E-state index in [-0.39, 0.29) is 28.5 Å². The van der Waals surface area contributed by atoms with Gasteiger partial charge >= 0.3 is 0 Å². The number of rotatable bonds is 6. The molecule has 0 aliphatic rings. The van der Waals surface area contributed by atoms with Gasteiger partial charge in [-0.3, -0.25) is 0 Å². The summed E-state index contributed by atoms with van der Waals surface area (Å²) in [6.07, 6.45) is 1.83. The van der Waals surface area contributed by atoms with Crippen LogP contribution >= 0.6 is 11.8 Å². The molecule has 0 heterocycles. The molecule has 108 valence electrons. The van der Waals surface area contributed by atoms with Crippen LogP contribution < -0.4 is 10.5 Å². The number of nitrogen functional groups attached to an aromatic ring is 1. The van der Waals surface area contributed by atoms with E-state index in [1.165, 1.54) is 17.8 Å². The number of nitrogens with two attached hydrogens (primary N) is 1. The summed E-state index contributed by atoms with van der Waals surface area (Å²) in [6.45, 7) is 3.48. The number of thioether (sulfide) groups is 1. The van der Waals surface area contributed by atoms with Crippen LogP contribution in [0.2, 0.25) is 0 Å². The Balaban J connectivity index is 2.98. The van der Waals surface area contributed by atoms with E-state index in [4.69, 9.17) is 5.73 Å². The fourth-order valence-electron chi connectivity index (χ4n) is 1.73. The molecule has 0 fully saturated rings. The molecule has 0 aromatic heterocycles. The monoisotopic (exact) mass is 304 g/mol. The van der Waals surface area contributed by atoms with Gasteiger partial charge < -0.3 is 10.8 Å². The van der Waals surface area contributed by atoms with Crippen LogP contribution in [0.5, 0.6) is 0 Å². The van der Waals surface area contributed by atoms with Gasteiger partial charge in [-0.1, -0.05) is 6.07 Å². The molecule has 19 heavy (non-hydrogen) atoms. The normalized spacial score (nSPS) is 15.2. The number of benzene rings is 1. The third-order valence-electron chi connectivity index (χ3n) is 2.84. The van der Waals surface area contributed by atoms with Gasteiger partial charge in [-0.25, -0.2) is 13.1 Å². The minimum Gasteiger partial charge on any atom is -0.398 e. The fourth-order valence-corrected chi connectivity index (χ4v) is 3.84. The molecule has 0 saturated carbocycles. The van der Waals surface area contributed by atoms with Crippen molar-refractivity contribution in [1.29, 1.82) is 0 Å². The van der Waals surface area contributed by atoms with Crippen molar-refractivity contribution in [1.82, 2.24) is 4.72 Å². The van der Waals surface area contributed by atoms with Gasteiger partial charge in [0.05, 0.1) is 12.3 Å². The Kier molecular flexibility index (Phi) is 5.66. The van der Waals surface area contributed by atoms with Crippen LogP contribution in [-0.4, -0.2) is 37.7 Å². The van der Waals surface area contributed by atoms with E-state index in [9.17, 15) is 13.5 Å². The largest absolute Gasteiger partial charge is 0.398 e. The molecule has 7 heteroatoms. The van der Waals surface area contributed by atoms with Crippen molar-refractivity contribution in [3.63, 3.8) is 0 Å². The van der Waals surface area contributed by atoms with E-state index in [1.54, 1.807) is 19.1 Å². The molecule has 0 aliphatic heterocycles. The topological polar surface area (TPSA) is 92.4 Å². The highest BCUT2D eigenvalue weighted by molar-refractivity contribution is 7.99. The van der Waals surface area contributed by atoms with Gasteiger partial charge in [0.25, 0.3) is 0 Å². The molecule has 1 rings (SSSR count). The zero-order valence-electron chi connectivity index (χ0n) is 11.3. The summed E-state index contributed by atoms with van der Waals surface area (Å²) >= 11 is 1.41. The fraction of sp³-hybridized carbons (Fsp3) is 0.500. The second-order valence-electron chi connectivity index (χ2n) is 4.41. The minimum atomic E-state index is -3.67. The molecular weight excluding hydrogens is 284 g/mol. The smallest absolute Gasteiger partial charge is 0.242 e. The van der Waals surface area contributed by atoms with E-state index in [1.807, 2.05) is 13.2 Å². The van der Waals surface area contributed by atoms with E-state index in [0.717, 1.165) is 5.56 Å². The lowest BCUT2D eigenvalue weighted by Crippen LogP contribution is -2.41. The lowest BCUT2D eigenvalue weighted by atomic mass is 10.2. The molecule has 0 amide bonds. The Morgan fingerprint density at radius 1 is 1.47 bits per heavy atom. The highest BCUT2D eigenvalue weighted by Gasteiger charge is 2.24. The van der Waals surface area contributed by atoms with Crippen LogP contribution in [0, 0.1) is 6.92 Å². The molecule has 0 spiro atoms. The molecule has 0 aliphatic carbocycles. The van der Waals surface area contributed by atoms with E-state index in [2.05, 4.69) is 4.72 Å². The zero-order chi connectivity index (χ0) is 14.6. The first kappa shape index (κ1) is 16.3. The van der Waals surface area contributed by atoms with Crippen molar-refractivity contribution < 1.29 is 13.5 Å². The predicted molar refractivity (Wildman–Crippen MR) is 79.8 cm³/mol. The molecule has 1 aromatic carbocycles. The number of nitrogens with one attached hydrogen (secondary N) is 1. The van der Waals surface area contributed by atoms with Gasteiger partial charge in [0.15, 0.2) is 0 Å². The van der Waals surface area contributed by atoms with Gasteiger partial charge in [-0.05, 0) is 37.8 Å². The summed E-state index contributed by atoms with van der Waals surface area (Å²) in [7, 11) is -3.67. The summed E-state index contributed by atoms with van der Waals surface area (Å²) in [5, 5.41) is 8.98. The van der Waals surface area contributed by atoms with E-state index >= 15 is 0 Å². The van der Waals surface area contributed by atoms with Crippen LogP contribution in [0.3, 0.4) is 0 Å². The quantitative estimate of drug-likeness (QED) is 0.681. The van der Waals surface area contributed by atoms with Gasteiger partial charge in [0, 0.05) is 11.3 Å². The van der Waals surface area contributed by atoms with Crippen LogP contribution in [0.15, 0.2) is 23.1 Å². The molecule has 0 radical (unpaired) electrons. The Labute approximate surface area is 118 Å². The van der Waals surface area contributed by atoms with E-state index < -0.39 is 10.0 Å². The van der Waals surface area contributed by atoms with Crippen LogP contribution in [0.25, 0.3) is 0 Å².